The van der Waals surface area contributed by atoms with Gasteiger partial charge in [0.25, 0.3) is 20.1 Å². The second kappa shape index (κ2) is 11.5. The Morgan fingerprint density at radius 3 is 2.12 bits per heavy atom. The molecule has 0 radical (unpaired) electrons. The molecule has 0 unspecified atom stereocenters. The van der Waals surface area contributed by atoms with Gasteiger partial charge in [-0.25, -0.2) is 4.98 Å². The van der Waals surface area contributed by atoms with Gasteiger partial charge in [0, 0.05) is 48.9 Å². The molecule has 5 aromatic rings. The van der Waals surface area contributed by atoms with E-state index < -0.39 is 20.1 Å². The molecule has 1 aliphatic rings. The number of imide groups is 1. The van der Waals surface area contributed by atoms with Crippen LogP contribution < -0.4 is 15.7 Å². The highest BCUT2D eigenvalue weighted by Gasteiger charge is 2.50. The number of hydrogen-bond donors (Lipinski definition) is 1. The molecule has 0 aliphatic carbocycles. The molecular formula is C34H33N5O3Si. The number of benzene rings is 2. The van der Waals surface area contributed by atoms with E-state index in [1.807, 2.05) is 35.0 Å². The zero-order valence-corrected chi connectivity index (χ0v) is 25.4. The number of pyridine rings is 1. The van der Waals surface area contributed by atoms with Crippen LogP contribution in [0.2, 0.25) is 5.04 Å². The van der Waals surface area contributed by atoms with Crippen molar-refractivity contribution in [3.8, 4) is 0 Å². The van der Waals surface area contributed by atoms with Crippen molar-refractivity contribution in [1.29, 1.82) is 0 Å². The average molecular weight is 588 g/mol. The molecule has 3 aromatic heterocycles. The number of fused-ring (bicyclic) bond motifs is 1. The lowest BCUT2D eigenvalue weighted by Crippen LogP contribution is -2.66. The summed E-state index contributed by atoms with van der Waals surface area (Å²) in [4.78, 5) is 38.9. The Kier molecular flexibility index (Phi) is 7.60. The van der Waals surface area contributed by atoms with Crippen LogP contribution in [0.4, 0.5) is 0 Å². The fraction of sp³-hybridized carbons (Fsp3) is 0.206. The lowest BCUT2D eigenvalue weighted by molar-refractivity contribution is -0.122. The molecule has 4 heterocycles. The van der Waals surface area contributed by atoms with Gasteiger partial charge >= 0.3 is 0 Å². The van der Waals surface area contributed by atoms with Crippen LogP contribution in [-0.2, 0) is 20.6 Å². The Morgan fingerprint density at radius 2 is 1.49 bits per heavy atom. The molecule has 1 N–H and O–H groups in total. The average Bonchev–Trinajstić information content (AvgIpc) is 3.53. The van der Waals surface area contributed by atoms with Gasteiger partial charge in [0.15, 0.2) is 0 Å². The number of aromatic nitrogens is 4. The third-order valence-corrected chi connectivity index (χ3v) is 13.0. The minimum absolute atomic E-state index is 0.115. The molecule has 43 heavy (non-hydrogen) atoms. The molecule has 2 amide bonds. The van der Waals surface area contributed by atoms with Gasteiger partial charge in [-0.05, 0) is 34.0 Å². The van der Waals surface area contributed by atoms with Crippen LogP contribution in [0, 0.1) is 0 Å². The van der Waals surface area contributed by atoms with Crippen molar-refractivity contribution in [2.75, 3.05) is 6.61 Å². The highest BCUT2D eigenvalue weighted by atomic mass is 28.4. The van der Waals surface area contributed by atoms with Gasteiger partial charge in [-0.15, -0.1) is 0 Å². The molecular weight excluding hydrogens is 554 g/mol. The first-order chi connectivity index (χ1) is 20.8. The van der Waals surface area contributed by atoms with E-state index in [1.165, 1.54) is 29.0 Å². The maximum absolute atomic E-state index is 13.1. The second-order valence-electron chi connectivity index (χ2n) is 11.6. The number of carbonyl (C=O) groups is 2. The Balaban J connectivity index is 1.33. The van der Waals surface area contributed by atoms with Gasteiger partial charge in [-0.3, -0.25) is 24.9 Å². The van der Waals surface area contributed by atoms with Gasteiger partial charge in [-0.2, -0.15) is 0 Å². The summed E-state index contributed by atoms with van der Waals surface area (Å²) in [6, 6.07) is 24.9. The maximum Gasteiger partial charge on any atom is 0.261 e. The largest absolute Gasteiger partial charge is 0.407 e. The van der Waals surface area contributed by atoms with E-state index in [2.05, 4.69) is 89.6 Å². The molecule has 0 saturated heterocycles. The van der Waals surface area contributed by atoms with Crippen molar-refractivity contribution in [1.82, 2.24) is 24.8 Å². The molecule has 6 rings (SSSR count). The third-order valence-electron chi connectivity index (χ3n) is 7.93. The first-order valence-electron chi connectivity index (χ1n) is 14.4. The lowest BCUT2D eigenvalue weighted by atomic mass is 10.00. The number of aryl methyl sites for hydroxylation is 1. The summed E-state index contributed by atoms with van der Waals surface area (Å²) in [5, 5.41) is 5.59. The molecule has 8 nitrogen and oxygen atoms in total. The van der Waals surface area contributed by atoms with Crippen LogP contribution in [0.15, 0.2) is 104 Å². The second-order valence-corrected chi connectivity index (χ2v) is 15.9. The van der Waals surface area contributed by atoms with Crippen molar-refractivity contribution in [3.05, 3.63) is 115 Å². The van der Waals surface area contributed by atoms with Gasteiger partial charge < -0.3 is 8.99 Å². The summed E-state index contributed by atoms with van der Waals surface area (Å²) in [6.07, 6.45) is 8.90. The van der Waals surface area contributed by atoms with Crippen molar-refractivity contribution < 1.29 is 14.0 Å². The molecule has 216 valence electrons. The van der Waals surface area contributed by atoms with E-state index in [9.17, 15) is 9.59 Å². The first kappa shape index (κ1) is 28.4. The number of carbonyl (C=O) groups excluding carboxylic acids is 2. The molecule has 0 bridgehead atoms. The van der Waals surface area contributed by atoms with Crippen molar-refractivity contribution >= 4 is 52.7 Å². The topological polar surface area (TPSA) is 99.0 Å². The van der Waals surface area contributed by atoms with E-state index in [0.717, 1.165) is 17.5 Å². The fourth-order valence-corrected chi connectivity index (χ4v) is 10.7. The molecule has 0 spiro atoms. The van der Waals surface area contributed by atoms with Crippen molar-refractivity contribution in [2.24, 2.45) is 0 Å². The van der Waals surface area contributed by atoms with E-state index in [0.29, 0.717) is 24.4 Å². The Bertz CT molecular complexity index is 1770. The highest BCUT2D eigenvalue weighted by molar-refractivity contribution is 6.99. The zero-order chi connectivity index (χ0) is 30.0. The number of nitrogens with one attached hydrogen (secondary N) is 1. The number of nitrogens with zero attached hydrogens (tertiary/aromatic N) is 4. The summed E-state index contributed by atoms with van der Waals surface area (Å²) in [6.45, 7) is 7.97. The standard InChI is InChI=1S/C34H33N5O3Si/c1-34(2,3)43(24-12-6-4-7-13-24,25-14-8-5-9-15-25)42-21-11-20-39-23-27(26-16-10-17-37-31(26)39)29-30(33(41)38-32(29)40)28-22-35-18-19-36-28/h4-10,12-19,22-23H,11,20-21H2,1-3H3,(H,38,40,41). The molecule has 1 aliphatic heterocycles. The number of hydrogen-bond acceptors (Lipinski definition) is 6. The zero-order valence-electron chi connectivity index (χ0n) is 24.4. The predicted molar refractivity (Wildman–Crippen MR) is 170 cm³/mol. The minimum atomic E-state index is -2.66. The van der Waals surface area contributed by atoms with Crippen LogP contribution in [0.1, 0.15) is 38.4 Å². The lowest BCUT2D eigenvalue weighted by Gasteiger charge is -2.43. The van der Waals surface area contributed by atoms with Crippen LogP contribution in [0.3, 0.4) is 0 Å². The minimum Gasteiger partial charge on any atom is -0.407 e. The van der Waals surface area contributed by atoms with Crippen LogP contribution in [0.5, 0.6) is 0 Å². The molecule has 0 atom stereocenters. The van der Waals surface area contributed by atoms with Crippen LogP contribution in [0.25, 0.3) is 22.2 Å². The predicted octanol–water partition coefficient (Wildman–Crippen LogP) is 4.36. The van der Waals surface area contributed by atoms with E-state index in [1.54, 1.807) is 6.20 Å². The smallest absolute Gasteiger partial charge is 0.261 e. The maximum atomic E-state index is 13.1. The van der Waals surface area contributed by atoms with Crippen LogP contribution in [-0.4, -0.2) is 46.3 Å². The van der Waals surface area contributed by atoms with E-state index >= 15 is 0 Å². The van der Waals surface area contributed by atoms with E-state index in [4.69, 9.17) is 4.43 Å². The monoisotopic (exact) mass is 587 g/mol. The molecule has 0 fully saturated rings. The first-order valence-corrected chi connectivity index (χ1v) is 16.3. The van der Waals surface area contributed by atoms with Gasteiger partial charge in [-0.1, -0.05) is 81.4 Å². The van der Waals surface area contributed by atoms with Gasteiger partial charge in [0.05, 0.1) is 23.0 Å². The van der Waals surface area contributed by atoms with Crippen molar-refractivity contribution in [3.63, 3.8) is 0 Å². The summed E-state index contributed by atoms with van der Waals surface area (Å²) in [5.41, 5.74) is 2.23. The molecule has 2 aromatic carbocycles. The van der Waals surface area contributed by atoms with Crippen LogP contribution >= 0.6 is 0 Å². The van der Waals surface area contributed by atoms with Gasteiger partial charge in [0.2, 0.25) is 0 Å². The quantitative estimate of drug-likeness (QED) is 0.156. The summed E-state index contributed by atoms with van der Waals surface area (Å²) in [7, 11) is -2.66. The summed E-state index contributed by atoms with van der Waals surface area (Å²) < 4.78 is 9.12. The Morgan fingerprint density at radius 1 is 0.814 bits per heavy atom. The van der Waals surface area contributed by atoms with Gasteiger partial charge in [0.1, 0.15) is 5.65 Å². The third kappa shape index (κ3) is 5.11. The molecule has 0 saturated carbocycles. The summed E-state index contributed by atoms with van der Waals surface area (Å²) in [5.74, 6) is -0.937. The van der Waals surface area contributed by atoms with Crippen molar-refractivity contribution in [2.45, 2.75) is 38.8 Å². The number of amides is 2. The normalized spacial score (nSPS) is 14.0. The fourth-order valence-electron chi connectivity index (χ4n) is 6.10. The SMILES string of the molecule is CC(C)(C)[Si](OCCCn1cc(C2=C(c3cnccn3)C(=O)NC2=O)c2cccnc21)(c1ccccc1)c1ccccc1. The number of rotatable bonds is 9. The van der Waals surface area contributed by atoms with E-state index in [-0.39, 0.29) is 16.2 Å². The Labute approximate surface area is 251 Å². The molecule has 9 heteroatoms. The highest BCUT2D eigenvalue weighted by Crippen LogP contribution is 2.37. The Hall–Kier alpha value is -4.73. The summed E-state index contributed by atoms with van der Waals surface area (Å²) >= 11 is 0.